The molecule has 0 aliphatic carbocycles. The van der Waals surface area contributed by atoms with Gasteiger partial charge in [0.2, 0.25) is 0 Å². The predicted molar refractivity (Wildman–Crippen MR) is 95.9 cm³/mol. The lowest BCUT2D eigenvalue weighted by Gasteiger charge is -2.32. The first-order chi connectivity index (χ1) is 11.7. The van der Waals surface area contributed by atoms with Crippen LogP contribution >= 0.6 is 0 Å². The van der Waals surface area contributed by atoms with Gasteiger partial charge in [-0.2, -0.15) is 0 Å². The zero-order valence-electron chi connectivity index (χ0n) is 14.7. The zero-order chi connectivity index (χ0) is 17.4. The molecule has 5 heteroatoms. The zero-order valence-corrected chi connectivity index (χ0v) is 14.7. The fourth-order valence-electron chi connectivity index (χ4n) is 2.96. The number of carbonyl (C=O) groups is 1. The molecule has 1 N–H and O–H groups in total. The number of likely N-dealkylation sites (tertiary alicyclic amines) is 1. The van der Waals surface area contributed by atoms with E-state index in [1.807, 2.05) is 0 Å². The standard InChI is InChI=1S/C19H28N2O3/c1-4-10-21-11-8-16(9-12-21)20-19(22)15-6-7-17(24-13-5-2)18(14-15)23-3/h5-7,14,16H,2,4,8-13H2,1,3H3,(H,20,22). The molecular formula is C19H28N2O3. The summed E-state index contributed by atoms with van der Waals surface area (Å²) in [7, 11) is 1.57. The maximum atomic E-state index is 12.5. The molecule has 0 aromatic heterocycles. The highest BCUT2D eigenvalue weighted by molar-refractivity contribution is 5.95. The molecule has 2 rings (SSSR count). The Kier molecular flexibility index (Phi) is 7.12. The lowest BCUT2D eigenvalue weighted by molar-refractivity contribution is 0.0910. The third kappa shape index (κ3) is 4.99. The molecule has 1 aliphatic rings. The average Bonchev–Trinajstić information content (AvgIpc) is 2.61. The molecule has 1 saturated heterocycles. The maximum absolute atomic E-state index is 12.5. The molecule has 24 heavy (non-hydrogen) atoms. The summed E-state index contributed by atoms with van der Waals surface area (Å²) in [6, 6.07) is 5.50. The molecule has 1 amide bonds. The maximum Gasteiger partial charge on any atom is 0.251 e. The highest BCUT2D eigenvalue weighted by atomic mass is 16.5. The Morgan fingerprint density at radius 1 is 1.38 bits per heavy atom. The summed E-state index contributed by atoms with van der Waals surface area (Å²) in [4.78, 5) is 14.9. The van der Waals surface area contributed by atoms with Crippen molar-refractivity contribution in [1.29, 1.82) is 0 Å². The number of rotatable bonds is 8. The molecule has 1 aliphatic heterocycles. The SMILES string of the molecule is C=CCOc1ccc(C(=O)NC2CCN(CCC)CC2)cc1OC. The number of hydrogen-bond donors (Lipinski definition) is 1. The van der Waals surface area contributed by atoms with Gasteiger partial charge in [-0.15, -0.1) is 0 Å². The van der Waals surface area contributed by atoms with Crippen LogP contribution in [0.3, 0.4) is 0 Å². The Balaban J connectivity index is 1.93. The Labute approximate surface area is 144 Å². The largest absolute Gasteiger partial charge is 0.493 e. The highest BCUT2D eigenvalue weighted by Crippen LogP contribution is 2.28. The van der Waals surface area contributed by atoms with E-state index < -0.39 is 0 Å². The number of ether oxygens (including phenoxy) is 2. The van der Waals surface area contributed by atoms with Gasteiger partial charge in [0, 0.05) is 24.7 Å². The van der Waals surface area contributed by atoms with Crippen molar-refractivity contribution < 1.29 is 14.3 Å². The molecule has 0 radical (unpaired) electrons. The van der Waals surface area contributed by atoms with E-state index in [9.17, 15) is 4.79 Å². The van der Waals surface area contributed by atoms with E-state index in [-0.39, 0.29) is 11.9 Å². The summed E-state index contributed by atoms with van der Waals surface area (Å²) in [6.07, 6.45) is 4.86. The number of methoxy groups -OCH3 is 1. The van der Waals surface area contributed by atoms with Crippen LogP contribution in [0.15, 0.2) is 30.9 Å². The first-order valence-electron chi connectivity index (χ1n) is 8.62. The third-order valence-corrected chi connectivity index (χ3v) is 4.25. The monoisotopic (exact) mass is 332 g/mol. The smallest absolute Gasteiger partial charge is 0.251 e. The van der Waals surface area contributed by atoms with Crippen molar-refractivity contribution in [2.75, 3.05) is 33.4 Å². The van der Waals surface area contributed by atoms with Crippen LogP contribution in [-0.4, -0.2) is 50.2 Å². The number of hydrogen-bond acceptors (Lipinski definition) is 4. The highest BCUT2D eigenvalue weighted by Gasteiger charge is 2.21. The van der Waals surface area contributed by atoms with Gasteiger partial charge in [-0.3, -0.25) is 4.79 Å². The van der Waals surface area contributed by atoms with Crippen LogP contribution in [0.25, 0.3) is 0 Å². The van der Waals surface area contributed by atoms with E-state index in [1.165, 1.54) is 6.42 Å². The van der Waals surface area contributed by atoms with Gasteiger partial charge in [-0.1, -0.05) is 19.6 Å². The predicted octanol–water partition coefficient (Wildman–Crippen LogP) is 2.86. The van der Waals surface area contributed by atoms with E-state index in [2.05, 4.69) is 23.7 Å². The number of piperidine rings is 1. The minimum Gasteiger partial charge on any atom is -0.493 e. The molecule has 1 aromatic carbocycles. The van der Waals surface area contributed by atoms with Crippen molar-refractivity contribution in [3.8, 4) is 11.5 Å². The van der Waals surface area contributed by atoms with E-state index in [4.69, 9.17) is 9.47 Å². The minimum atomic E-state index is -0.0579. The van der Waals surface area contributed by atoms with Crippen molar-refractivity contribution in [2.45, 2.75) is 32.2 Å². The lowest BCUT2D eigenvalue weighted by Crippen LogP contribution is -2.44. The molecule has 0 unspecified atom stereocenters. The number of nitrogens with zero attached hydrogens (tertiary/aromatic N) is 1. The molecule has 0 atom stereocenters. The Bertz CT molecular complexity index is 552. The molecule has 5 nitrogen and oxygen atoms in total. The van der Waals surface area contributed by atoms with Crippen LogP contribution in [-0.2, 0) is 0 Å². The van der Waals surface area contributed by atoms with Gasteiger partial charge in [0.25, 0.3) is 5.91 Å². The van der Waals surface area contributed by atoms with Crippen LogP contribution < -0.4 is 14.8 Å². The number of amides is 1. The van der Waals surface area contributed by atoms with Crippen LogP contribution in [0.5, 0.6) is 11.5 Å². The van der Waals surface area contributed by atoms with Crippen molar-refractivity contribution in [3.05, 3.63) is 36.4 Å². The lowest BCUT2D eigenvalue weighted by atomic mass is 10.0. The van der Waals surface area contributed by atoms with Crippen molar-refractivity contribution in [2.24, 2.45) is 0 Å². The van der Waals surface area contributed by atoms with Crippen LogP contribution in [0.4, 0.5) is 0 Å². The Morgan fingerprint density at radius 3 is 2.75 bits per heavy atom. The van der Waals surface area contributed by atoms with Gasteiger partial charge < -0.3 is 19.7 Å². The number of nitrogens with one attached hydrogen (secondary N) is 1. The molecule has 1 aromatic rings. The van der Waals surface area contributed by atoms with Crippen LogP contribution in [0.1, 0.15) is 36.5 Å². The number of carbonyl (C=O) groups excluding carboxylic acids is 1. The van der Waals surface area contributed by atoms with Crippen molar-refractivity contribution in [1.82, 2.24) is 10.2 Å². The topological polar surface area (TPSA) is 50.8 Å². The summed E-state index contributed by atoms with van der Waals surface area (Å²) < 4.78 is 10.8. The molecule has 132 valence electrons. The average molecular weight is 332 g/mol. The molecule has 0 spiro atoms. The van der Waals surface area contributed by atoms with Gasteiger partial charge >= 0.3 is 0 Å². The van der Waals surface area contributed by atoms with Crippen LogP contribution in [0.2, 0.25) is 0 Å². The normalized spacial score (nSPS) is 15.8. The first kappa shape index (κ1) is 18.3. The second-order valence-electron chi connectivity index (χ2n) is 6.05. The fourth-order valence-corrected chi connectivity index (χ4v) is 2.96. The Morgan fingerprint density at radius 2 is 2.12 bits per heavy atom. The summed E-state index contributed by atoms with van der Waals surface area (Å²) in [5.74, 6) is 1.11. The molecule has 0 saturated carbocycles. The quantitative estimate of drug-likeness (QED) is 0.744. The number of benzene rings is 1. The summed E-state index contributed by atoms with van der Waals surface area (Å²) in [5, 5.41) is 3.13. The summed E-state index contributed by atoms with van der Waals surface area (Å²) in [5.41, 5.74) is 0.591. The van der Waals surface area contributed by atoms with Crippen molar-refractivity contribution >= 4 is 5.91 Å². The van der Waals surface area contributed by atoms with Gasteiger partial charge in [-0.05, 0) is 44.0 Å². The van der Waals surface area contributed by atoms with Gasteiger partial charge in [0.05, 0.1) is 7.11 Å². The van der Waals surface area contributed by atoms with E-state index in [0.717, 1.165) is 32.5 Å². The van der Waals surface area contributed by atoms with Gasteiger partial charge in [0.1, 0.15) is 6.61 Å². The van der Waals surface area contributed by atoms with Gasteiger partial charge in [-0.25, -0.2) is 0 Å². The molecule has 1 fully saturated rings. The minimum absolute atomic E-state index is 0.0579. The second-order valence-corrected chi connectivity index (χ2v) is 6.05. The summed E-state index contributed by atoms with van der Waals surface area (Å²) >= 11 is 0. The van der Waals surface area contributed by atoms with Crippen LogP contribution in [0, 0.1) is 0 Å². The van der Waals surface area contributed by atoms with E-state index in [0.29, 0.717) is 23.7 Å². The molecular weight excluding hydrogens is 304 g/mol. The molecule has 0 bridgehead atoms. The first-order valence-corrected chi connectivity index (χ1v) is 8.62. The van der Waals surface area contributed by atoms with Crippen molar-refractivity contribution in [3.63, 3.8) is 0 Å². The van der Waals surface area contributed by atoms with E-state index >= 15 is 0 Å². The fraction of sp³-hybridized carbons (Fsp3) is 0.526. The summed E-state index contributed by atoms with van der Waals surface area (Å²) in [6.45, 7) is 9.47. The second kappa shape index (κ2) is 9.33. The Hall–Kier alpha value is -2.01. The molecule has 1 heterocycles. The van der Waals surface area contributed by atoms with Gasteiger partial charge in [0.15, 0.2) is 11.5 Å². The third-order valence-electron chi connectivity index (χ3n) is 4.25. The van der Waals surface area contributed by atoms with E-state index in [1.54, 1.807) is 31.4 Å².